The molecule has 1 rings (SSSR count). The molecule has 0 bridgehead atoms. The zero-order valence-corrected chi connectivity index (χ0v) is 10.7. The third kappa shape index (κ3) is 4.83. The summed E-state index contributed by atoms with van der Waals surface area (Å²) in [5, 5.41) is 0. The average molecular weight is 270 g/mol. The van der Waals surface area contributed by atoms with Crippen LogP contribution in [0.15, 0.2) is 24.3 Å². The number of nitrogen functional groups attached to an aromatic ring is 1. The number of rotatable bonds is 5. The van der Waals surface area contributed by atoms with Crippen molar-refractivity contribution in [1.82, 2.24) is 0 Å². The molecular formula is C10H15Cl3N2. The van der Waals surface area contributed by atoms with E-state index >= 15 is 0 Å². The normalized spacial score (nSPS) is 9.47. The highest BCUT2D eigenvalue weighted by Gasteiger charge is 2.04. The van der Waals surface area contributed by atoms with E-state index in [1.165, 1.54) is 0 Å². The summed E-state index contributed by atoms with van der Waals surface area (Å²) >= 11 is 11.4. The van der Waals surface area contributed by atoms with Crippen molar-refractivity contribution in [3.63, 3.8) is 0 Å². The lowest BCUT2D eigenvalue weighted by atomic mass is 10.2. The molecule has 86 valence electrons. The molecule has 0 saturated heterocycles. The van der Waals surface area contributed by atoms with Gasteiger partial charge in [0, 0.05) is 36.2 Å². The highest BCUT2D eigenvalue weighted by atomic mass is 35.5. The first kappa shape index (κ1) is 14.7. The Labute approximate surface area is 107 Å². The van der Waals surface area contributed by atoms with E-state index in [1.54, 1.807) is 0 Å². The van der Waals surface area contributed by atoms with Crippen molar-refractivity contribution in [3.05, 3.63) is 24.3 Å². The molecule has 1 aromatic carbocycles. The number of halogens is 3. The number of anilines is 2. The maximum absolute atomic E-state index is 5.71. The number of hydrogen-bond acceptors (Lipinski definition) is 2. The van der Waals surface area contributed by atoms with Crippen molar-refractivity contribution in [2.24, 2.45) is 0 Å². The number of nitrogens with two attached hydrogens (primary N) is 1. The van der Waals surface area contributed by atoms with Crippen molar-refractivity contribution in [2.45, 2.75) is 0 Å². The van der Waals surface area contributed by atoms with Crippen LogP contribution in [-0.2, 0) is 0 Å². The molecular weight excluding hydrogens is 254 g/mol. The number of alkyl halides is 2. The minimum Gasteiger partial charge on any atom is -0.399 e. The van der Waals surface area contributed by atoms with E-state index < -0.39 is 0 Å². The van der Waals surface area contributed by atoms with Crippen molar-refractivity contribution in [1.29, 1.82) is 0 Å². The Morgan fingerprint density at radius 2 is 1.73 bits per heavy atom. The molecule has 0 aliphatic heterocycles. The average Bonchev–Trinajstić information content (AvgIpc) is 2.17. The first-order chi connectivity index (χ1) is 6.77. The van der Waals surface area contributed by atoms with Gasteiger partial charge < -0.3 is 10.6 Å². The second kappa shape index (κ2) is 7.91. The van der Waals surface area contributed by atoms with Gasteiger partial charge in [-0.05, 0) is 18.2 Å². The molecule has 2 nitrogen and oxygen atoms in total. The van der Waals surface area contributed by atoms with Crippen molar-refractivity contribution in [2.75, 3.05) is 35.5 Å². The van der Waals surface area contributed by atoms with E-state index in [4.69, 9.17) is 28.9 Å². The molecule has 0 saturated carbocycles. The Balaban J connectivity index is 0.00000196. The molecule has 15 heavy (non-hydrogen) atoms. The van der Waals surface area contributed by atoms with Crippen LogP contribution in [0.3, 0.4) is 0 Å². The summed E-state index contributed by atoms with van der Waals surface area (Å²) in [5.41, 5.74) is 7.53. The van der Waals surface area contributed by atoms with Gasteiger partial charge in [-0.15, -0.1) is 35.6 Å². The maximum atomic E-state index is 5.71. The second-order valence-corrected chi connectivity index (χ2v) is 3.72. The monoisotopic (exact) mass is 268 g/mol. The minimum atomic E-state index is 0. The fourth-order valence-electron chi connectivity index (χ4n) is 1.30. The van der Waals surface area contributed by atoms with Crippen molar-refractivity contribution < 1.29 is 0 Å². The first-order valence-electron chi connectivity index (χ1n) is 4.50. The van der Waals surface area contributed by atoms with E-state index in [9.17, 15) is 0 Å². The summed E-state index contributed by atoms with van der Waals surface area (Å²) in [4.78, 5) is 2.12. The number of nitrogens with zero attached hydrogens (tertiary/aromatic N) is 1. The topological polar surface area (TPSA) is 29.3 Å². The van der Waals surface area contributed by atoms with E-state index in [2.05, 4.69) is 4.90 Å². The highest BCUT2D eigenvalue weighted by Crippen LogP contribution is 2.17. The van der Waals surface area contributed by atoms with Gasteiger partial charge in [0.05, 0.1) is 0 Å². The molecule has 2 N–H and O–H groups in total. The summed E-state index contributed by atoms with van der Waals surface area (Å²) in [6.07, 6.45) is 0. The van der Waals surface area contributed by atoms with Crippen LogP contribution in [-0.4, -0.2) is 24.8 Å². The van der Waals surface area contributed by atoms with Gasteiger partial charge in [-0.2, -0.15) is 0 Å². The number of hydrogen-bond donors (Lipinski definition) is 1. The molecule has 0 aromatic heterocycles. The molecule has 0 heterocycles. The SMILES string of the molecule is Cl.Nc1cccc(N(CCCl)CCCl)c1. The largest absolute Gasteiger partial charge is 0.399 e. The molecule has 1 aromatic rings. The Hall–Kier alpha value is -0.310. The third-order valence-electron chi connectivity index (χ3n) is 1.94. The lowest BCUT2D eigenvalue weighted by Crippen LogP contribution is -2.27. The Kier molecular flexibility index (Phi) is 7.75. The highest BCUT2D eigenvalue weighted by molar-refractivity contribution is 6.18. The lowest BCUT2D eigenvalue weighted by molar-refractivity contribution is 0.874. The fraction of sp³-hybridized carbons (Fsp3) is 0.400. The quantitative estimate of drug-likeness (QED) is 0.658. The third-order valence-corrected chi connectivity index (χ3v) is 2.28. The van der Waals surface area contributed by atoms with Gasteiger partial charge in [0.1, 0.15) is 0 Å². The fourth-order valence-corrected chi connectivity index (χ4v) is 1.70. The maximum Gasteiger partial charge on any atom is 0.0399 e. The van der Waals surface area contributed by atoms with E-state index in [0.717, 1.165) is 24.5 Å². The van der Waals surface area contributed by atoms with Gasteiger partial charge in [0.2, 0.25) is 0 Å². The molecule has 0 unspecified atom stereocenters. The molecule has 0 fully saturated rings. The Morgan fingerprint density at radius 1 is 1.13 bits per heavy atom. The first-order valence-corrected chi connectivity index (χ1v) is 5.57. The lowest BCUT2D eigenvalue weighted by Gasteiger charge is -2.22. The molecule has 0 aliphatic rings. The molecule has 0 aliphatic carbocycles. The predicted molar refractivity (Wildman–Crippen MR) is 71.8 cm³/mol. The Bertz CT molecular complexity index is 275. The summed E-state index contributed by atoms with van der Waals surface area (Å²) in [7, 11) is 0. The summed E-state index contributed by atoms with van der Waals surface area (Å²) in [6, 6.07) is 7.73. The van der Waals surface area contributed by atoms with Gasteiger partial charge in [-0.25, -0.2) is 0 Å². The zero-order valence-electron chi connectivity index (χ0n) is 8.33. The van der Waals surface area contributed by atoms with Gasteiger partial charge in [0.15, 0.2) is 0 Å². The molecule has 0 radical (unpaired) electrons. The van der Waals surface area contributed by atoms with E-state index in [-0.39, 0.29) is 12.4 Å². The minimum absolute atomic E-state index is 0. The summed E-state index contributed by atoms with van der Waals surface area (Å²) in [6.45, 7) is 1.58. The van der Waals surface area contributed by atoms with Crippen LogP contribution in [0.5, 0.6) is 0 Å². The van der Waals surface area contributed by atoms with Gasteiger partial charge in [0.25, 0.3) is 0 Å². The van der Waals surface area contributed by atoms with Crippen LogP contribution < -0.4 is 10.6 Å². The zero-order chi connectivity index (χ0) is 10.4. The second-order valence-electron chi connectivity index (χ2n) is 2.96. The van der Waals surface area contributed by atoms with Crippen LogP contribution in [0.1, 0.15) is 0 Å². The smallest absolute Gasteiger partial charge is 0.0399 e. The molecule has 0 amide bonds. The number of benzene rings is 1. The van der Waals surface area contributed by atoms with E-state index in [1.807, 2.05) is 24.3 Å². The standard InChI is InChI=1S/C10H14Cl2N2.ClH/c11-4-6-14(7-5-12)10-3-1-2-9(13)8-10;/h1-3,8H,4-7,13H2;1H. The predicted octanol–water partition coefficient (Wildman–Crippen LogP) is 2.97. The van der Waals surface area contributed by atoms with Crippen LogP contribution in [0, 0.1) is 0 Å². The molecule has 5 heteroatoms. The Morgan fingerprint density at radius 3 is 2.20 bits per heavy atom. The summed E-state index contributed by atoms with van der Waals surface area (Å²) in [5.74, 6) is 1.18. The van der Waals surface area contributed by atoms with Crippen LogP contribution >= 0.6 is 35.6 Å². The summed E-state index contributed by atoms with van der Waals surface area (Å²) < 4.78 is 0. The van der Waals surface area contributed by atoms with Crippen molar-refractivity contribution in [3.8, 4) is 0 Å². The van der Waals surface area contributed by atoms with Crippen LogP contribution in [0.4, 0.5) is 11.4 Å². The van der Waals surface area contributed by atoms with Gasteiger partial charge >= 0.3 is 0 Å². The van der Waals surface area contributed by atoms with Gasteiger partial charge in [-0.3, -0.25) is 0 Å². The van der Waals surface area contributed by atoms with Gasteiger partial charge in [-0.1, -0.05) is 6.07 Å². The van der Waals surface area contributed by atoms with Crippen LogP contribution in [0.2, 0.25) is 0 Å². The van der Waals surface area contributed by atoms with E-state index in [0.29, 0.717) is 11.8 Å². The van der Waals surface area contributed by atoms with Crippen LogP contribution in [0.25, 0.3) is 0 Å². The molecule has 0 atom stereocenters. The van der Waals surface area contributed by atoms with Crippen molar-refractivity contribution >= 4 is 47.0 Å². The molecule has 0 spiro atoms.